The average molecular weight is 229 g/mol. The molecule has 0 aliphatic carbocycles. The van der Waals surface area contributed by atoms with Crippen molar-refractivity contribution in [3.63, 3.8) is 0 Å². The third-order valence-corrected chi connectivity index (χ3v) is 2.58. The van der Waals surface area contributed by atoms with Crippen molar-refractivity contribution in [3.8, 4) is 0 Å². The predicted molar refractivity (Wildman–Crippen MR) is 63.4 cm³/mol. The second kappa shape index (κ2) is 7.60. The fraction of sp³-hybridized carbons (Fsp3) is 0.909. The van der Waals surface area contributed by atoms with Crippen LogP contribution in [0.25, 0.3) is 0 Å². The van der Waals surface area contributed by atoms with Gasteiger partial charge in [0.25, 0.3) is 0 Å². The Morgan fingerprint density at radius 1 is 1.56 bits per heavy atom. The molecule has 1 fully saturated rings. The molecule has 1 amide bonds. The summed E-state index contributed by atoms with van der Waals surface area (Å²) in [6, 6.07) is 0. The third-order valence-electron chi connectivity index (χ3n) is 2.58. The highest BCUT2D eigenvalue weighted by atomic mass is 16.5. The molecule has 1 aliphatic rings. The van der Waals surface area contributed by atoms with Gasteiger partial charge in [0.15, 0.2) is 0 Å². The number of likely N-dealkylation sites (N-methyl/N-ethyl adjacent to an activating group) is 1. The lowest BCUT2D eigenvalue weighted by Gasteiger charge is -2.22. The smallest absolute Gasteiger partial charge is 0.246 e. The van der Waals surface area contributed by atoms with Gasteiger partial charge in [-0.2, -0.15) is 0 Å². The van der Waals surface area contributed by atoms with Crippen molar-refractivity contribution in [1.82, 2.24) is 15.5 Å². The van der Waals surface area contributed by atoms with Crippen LogP contribution in [0.3, 0.4) is 0 Å². The van der Waals surface area contributed by atoms with E-state index in [9.17, 15) is 4.79 Å². The highest BCUT2D eigenvalue weighted by Gasteiger charge is 2.14. The van der Waals surface area contributed by atoms with Crippen molar-refractivity contribution < 1.29 is 9.53 Å². The van der Waals surface area contributed by atoms with Gasteiger partial charge < -0.3 is 20.3 Å². The number of piperidine rings is 1. The molecule has 0 spiro atoms. The van der Waals surface area contributed by atoms with Gasteiger partial charge in [-0.25, -0.2) is 0 Å². The van der Waals surface area contributed by atoms with E-state index in [-0.39, 0.29) is 18.6 Å². The van der Waals surface area contributed by atoms with Crippen LogP contribution >= 0.6 is 0 Å². The van der Waals surface area contributed by atoms with Crippen LogP contribution in [0.5, 0.6) is 0 Å². The van der Waals surface area contributed by atoms with Crippen molar-refractivity contribution in [2.24, 2.45) is 0 Å². The monoisotopic (exact) mass is 229 g/mol. The summed E-state index contributed by atoms with van der Waals surface area (Å²) in [4.78, 5) is 13.4. The van der Waals surface area contributed by atoms with Crippen LogP contribution in [0.15, 0.2) is 0 Å². The van der Waals surface area contributed by atoms with Gasteiger partial charge >= 0.3 is 0 Å². The topological polar surface area (TPSA) is 53.6 Å². The van der Waals surface area contributed by atoms with Crippen LogP contribution in [-0.2, 0) is 9.53 Å². The van der Waals surface area contributed by atoms with E-state index in [1.165, 1.54) is 0 Å². The Morgan fingerprint density at radius 3 is 3.00 bits per heavy atom. The second-order valence-electron chi connectivity index (χ2n) is 4.43. The Bertz CT molecular complexity index is 203. The van der Waals surface area contributed by atoms with Crippen LogP contribution < -0.4 is 10.6 Å². The maximum absolute atomic E-state index is 11.4. The van der Waals surface area contributed by atoms with E-state index >= 15 is 0 Å². The second-order valence-corrected chi connectivity index (χ2v) is 4.43. The first-order valence-electron chi connectivity index (χ1n) is 5.92. The minimum Gasteiger partial charge on any atom is -0.367 e. The van der Waals surface area contributed by atoms with Gasteiger partial charge in [0.2, 0.25) is 5.91 Å². The van der Waals surface area contributed by atoms with Gasteiger partial charge in [0.05, 0.1) is 6.10 Å². The number of hydrogen-bond acceptors (Lipinski definition) is 4. The highest BCUT2D eigenvalue weighted by Crippen LogP contribution is 2.05. The van der Waals surface area contributed by atoms with Crippen molar-refractivity contribution in [3.05, 3.63) is 0 Å². The fourth-order valence-electron chi connectivity index (χ4n) is 1.63. The first-order valence-corrected chi connectivity index (χ1v) is 5.92. The van der Waals surface area contributed by atoms with Crippen LogP contribution in [0.2, 0.25) is 0 Å². The summed E-state index contributed by atoms with van der Waals surface area (Å²) in [7, 11) is 3.96. The summed E-state index contributed by atoms with van der Waals surface area (Å²) in [5.74, 6) is -0.0209. The van der Waals surface area contributed by atoms with E-state index in [0.29, 0.717) is 6.54 Å². The van der Waals surface area contributed by atoms with Gasteiger partial charge in [-0.3, -0.25) is 4.79 Å². The Hall–Kier alpha value is -0.650. The summed E-state index contributed by atoms with van der Waals surface area (Å²) >= 11 is 0. The van der Waals surface area contributed by atoms with Crippen molar-refractivity contribution in [2.45, 2.75) is 18.9 Å². The molecule has 0 aromatic carbocycles. The molecule has 0 bridgehead atoms. The zero-order valence-electron chi connectivity index (χ0n) is 10.3. The van der Waals surface area contributed by atoms with Gasteiger partial charge in [0.1, 0.15) is 6.61 Å². The fourth-order valence-corrected chi connectivity index (χ4v) is 1.63. The molecule has 1 rings (SSSR count). The van der Waals surface area contributed by atoms with Gasteiger partial charge in [-0.1, -0.05) is 0 Å². The van der Waals surface area contributed by atoms with E-state index in [2.05, 4.69) is 10.6 Å². The minimum absolute atomic E-state index is 0.0209. The molecule has 0 aromatic heterocycles. The Kier molecular flexibility index (Phi) is 6.37. The zero-order valence-corrected chi connectivity index (χ0v) is 10.3. The summed E-state index contributed by atoms with van der Waals surface area (Å²) in [5.41, 5.74) is 0. The van der Waals surface area contributed by atoms with Gasteiger partial charge in [-0.05, 0) is 33.5 Å². The van der Waals surface area contributed by atoms with Crippen LogP contribution in [-0.4, -0.2) is 63.8 Å². The molecule has 2 N–H and O–H groups in total. The molecular weight excluding hydrogens is 206 g/mol. The first kappa shape index (κ1) is 13.4. The Labute approximate surface area is 97.5 Å². The molecule has 1 heterocycles. The minimum atomic E-state index is -0.0209. The van der Waals surface area contributed by atoms with E-state index in [4.69, 9.17) is 4.74 Å². The molecule has 16 heavy (non-hydrogen) atoms. The molecule has 5 nitrogen and oxygen atoms in total. The number of ether oxygens (including phenoxy) is 1. The number of hydrogen-bond donors (Lipinski definition) is 2. The normalized spacial score (nSPS) is 21.1. The number of carbonyl (C=O) groups excluding carboxylic acids is 1. The SMILES string of the molecule is CN(C)CCNC(=O)CO[C@@H]1CCCNC1. The lowest BCUT2D eigenvalue weighted by Crippen LogP contribution is -2.39. The molecule has 0 aromatic rings. The van der Waals surface area contributed by atoms with E-state index in [1.54, 1.807) is 0 Å². The molecule has 1 aliphatic heterocycles. The number of rotatable bonds is 6. The van der Waals surface area contributed by atoms with Gasteiger partial charge in [-0.15, -0.1) is 0 Å². The molecular formula is C11H23N3O2. The van der Waals surface area contributed by atoms with Gasteiger partial charge in [0, 0.05) is 19.6 Å². The summed E-state index contributed by atoms with van der Waals surface area (Å²) in [5, 5.41) is 6.08. The lowest BCUT2D eigenvalue weighted by molar-refractivity contribution is -0.128. The van der Waals surface area contributed by atoms with Crippen LogP contribution in [0, 0.1) is 0 Å². The molecule has 0 radical (unpaired) electrons. The van der Waals surface area contributed by atoms with Crippen LogP contribution in [0.1, 0.15) is 12.8 Å². The predicted octanol–water partition coefficient (Wildman–Crippen LogP) is -0.567. The summed E-state index contributed by atoms with van der Waals surface area (Å²) < 4.78 is 5.51. The highest BCUT2D eigenvalue weighted by molar-refractivity contribution is 5.77. The van der Waals surface area contributed by atoms with Crippen LogP contribution in [0.4, 0.5) is 0 Å². The number of carbonyl (C=O) groups is 1. The van der Waals surface area contributed by atoms with Crippen molar-refractivity contribution in [1.29, 1.82) is 0 Å². The van der Waals surface area contributed by atoms with E-state index in [1.807, 2.05) is 19.0 Å². The quantitative estimate of drug-likeness (QED) is 0.640. The molecule has 1 saturated heterocycles. The molecule has 1 atom stereocenters. The molecule has 0 unspecified atom stereocenters. The standard InChI is InChI=1S/C11H23N3O2/c1-14(2)7-6-13-11(15)9-16-10-4-3-5-12-8-10/h10,12H,3-9H2,1-2H3,(H,13,15)/t10-/m1/s1. The molecule has 0 saturated carbocycles. The third kappa shape index (κ3) is 6.05. The van der Waals surface area contributed by atoms with Crippen molar-refractivity contribution in [2.75, 3.05) is 46.9 Å². The molecule has 5 heteroatoms. The van der Waals surface area contributed by atoms with Crippen molar-refractivity contribution >= 4 is 5.91 Å². The number of nitrogens with one attached hydrogen (secondary N) is 2. The maximum Gasteiger partial charge on any atom is 0.246 e. The van der Waals surface area contributed by atoms with E-state index < -0.39 is 0 Å². The Balaban J connectivity index is 2.00. The summed E-state index contributed by atoms with van der Waals surface area (Å²) in [6.07, 6.45) is 2.39. The summed E-state index contributed by atoms with van der Waals surface area (Å²) in [6.45, 7) is 3.65. The number of amides is 1. The maximum atomic E-state index is 11.4. The Morgan fingerprint density at radius 2 is 2.38 bits per heavy atom. The average Bonchev–Trinajstić information content (AvgIpc) is 2.27. The lowest BCUT2D eigenvalue weighted by atomic mass is 10.1. The molecule has 94 valence electrons. The number of nitrogens with zero attached hydrogens (tertiary/aromatic N) is 1. The largest absolute Gasteiger partial charge is 0.367 e. The first-order chi connectivity index (χ1) is 7.68. The zero-order chi connectivity index (χ0) is 11.8. The van der Waals surface area contributed by atoms with E-state index in [0.717, 1.165) is 32.5 Å².